The molecule has 3 heteroatoms. The Morgan fingerprint density at radius 2 is 1.61 bits per heavy atom. The smallest absolute Gasteiger partial charge is 0.197 e. The van der Waals surface area contributed by atoms with E-state index in [9.17, 15) is 9.90 Å². The van der Waals surface area contributed by atoms with Gasteiger partial charge in [-0.3, -0.25) is 4.79 Å². The Morgan fingerprint density at radius 3 is 2.43 bits per heavy atom. The van der Waals surface area contributed by atoms with Crippen LogP contribution in [0.15, 0.2) is 60.7 Å². The summed E-state index contributed by atoms with van der Waals surface area (Å²) in [5, 5.41) is 12.3. The van der Waals surface area contributed by atoms with Gasteiger partial charge in [0.2, 0.25) is 0 Å². The van der Waals surface area contributed by atoms with Gasteiger partial charge in [0.1, 0.15) is 11.5 Å². The third kappa shape index (κ3) is 4.92. The summed E-state index contributed by atoms with van der Waals surface area (Å²) in [6.07, 6.45) is 7.22. The topological polar surface area (TPSA) is 46.5 Å². The van der Waals surface area contributed by atoms with Gasteiger partial charge in [-0.15, -0.1) is 0 Å². The van der Waals surface area contributed by atoms with Gasteiger partial charge in [-0.1, -0.05) is 81.5 Å². The Balaban J connectivity index is 1.64. The van der Waals surface area contributed by atoms with Crippen LogP contribution < -0.4 is 4.74 Å². The molecule has 1 N–H and O–H groups in total. The summed E-state index contributed by atoms with van der Waals surface area (Å²) in [6, 6.07) is 18.4. The van der Waals surface area contributed by atoms with Gasteiger partial charge in [-0.2, -0.15) is 0 Å². The molecule has 0 aliphatic rings. The minimum absolute atomic E-state index is 0.0432. The van der Waals surface area contributed by atoms with Crippen LogP contribution in [0.2, 0.25) is 0 Å². The molecule has 0 saturated heterocycles. The minimum Gasteiger partial charge on any atom is -0.507 e. The molecule has 0 spiro atoms. The van der Waals surface area contributed by atoms with Crippen LogP contribution in [0.3, 0.4) is 0 Å². The highest BCUT2D eigenvalue weighted by molar-refractivity contribution is 6.17. The lowest BCUT2D eigenvalue weighted by molar-refractivity contribution is 0.103. The molecule has 0 aromatic heterocycles. The molecular formula is C25H28O3. The predicted octanol–water partition coefficient (Wildman–Crippen LogP) is 6.52. The number of rotatable bonds is 10. The SMILES string of the molecule is CCCCCCCCOc1ccc(C(=O)c2cccc3ccccc23)c(O)c1. The van der Waals surface area contributed by atoms with Crippen molar-refractivity contribution in [1.29, 1.82) is 0 Å². The molecule has 3 rings (SSSR count). The highest BCUT2D eigenvalue weighted by atomic mass is 16.5. The first-order valence-corrected chi connectivity index (χ1v) is 10.2. The molecule has 0 fully saturated rings. The summed E-state index contributed by atoms with van der Waals surface area (Å²) in [4.78, 5) is 13.0. The number of carbonyl (C=O) groups is 1. The van der Waals surface area contributed by atoms with E-state index in [1.807, 2.05) is 36.4 Å². The third-order valence-electron chi connectivity index (χ3n) is 5.01. The van der Waals surface area contributed by atoms with Gasteiger partial charge in [-0.05, 0) is 29.3 Å². The molecule has 0 saturated carbocycles. The van der Waals surface area contributed by atoms with Crippen molar-refractivity contribution in [2.24, 2.45) is 0 Å². The Morgan fingerprint density at radius 1 is 0.857 bits per heavy atom. The molecule has 3 nitrogen and oxygen atoms in total. The van der Waals surface area contributed by atoms with Crippen molar-refractivity contribution >= 4 is 16.6 Å². The van der Waals surface area contributed by atoms with Crippen LogP contribution in [0.5, 0.6) is 11.5 Å². The van der Waals surface area contributed by atoms with Crippen molar-refractivity contribution in [2.75, 3.05) is 6.61 Å². The second kappa shape index (κ2) is 9.93. The molecule has 0 heterocycles. The van der Waals surface area contributed by atoms with Crippen LogP contribution in [0.4, 0.5) is 0 Å². The largest absolute Gasteiger partial charge is 0.507 e. The van der Waals surface area contributed by atoms with Gasteiger partial charge in [0.05, 0.1) is 12.2 Å². The number of aromatic hydroxyl groups is 1. The Kier molecular flexibility index (Phi) is 7.07. The molecule has 28 heavy (non-hydrogen) atoms. The van der Waals surface area contributed by atoms with Crippen LogP contribution in [-0.4, -0.2) is 17.5 Å². The second-order valence-electron chi connectivity index (χ2n) is 7.15. The Bertz CT molecular complexity index is 925. The fraction of sp³-hybridized carbons (Fsp3) is 0.320. The highest BCUT2D eigenvalue weighted by Crippen LogP contribution is 2.28. The summed E-state index contributed by atoms with van der Waals surface area (Å²) >= 11 is 0. The predicted molar refractivity (Wildman–Crippen MR) is 114 cm³/mol. The van der Waals surface area contributed by atoms with E-state index in [0.717, 1.165) is 23.6 Å². The summed E-state index contributed by atoms with van der Waals surface area (Å²) in [6.45, 7) is 2.84. The van der Waals surface area contributed by atoms with E-state index in [-0.39, 0.29) is 11.5 Å². The van der Waals surface area contributed by atoms with Crippen LogP contribution in [0, 0.1) is 0 Å². The Hall–Kier alpha value is -2.81. The van der Waals surface area contributed by atoms with Crippen molar-refractivity contribution in [3.8, 4) is 11.5 Å². The van der Waals surface area contributed by atoms with E-state index in [1.165, 1.54) is 31.7 Å². The minimum atomic E-state index is -0.184. The lowest BCUT2D eigenvalue weighted by Crippen LogP contribution is -2.03. The molecule has 3 aromatic carbocycles. The zero-order valence-electron chi connectivity index (χ0n) is 16.5. The van der Waals surface area contributed by atoms with Crippen molar-refractivity contribution < 1.29 is 14.6 Å². The number of ether oxygens (including phenoxy) is 1. The summed E-state index contributed by atoms with van der Waals surface area (Å²) in [5.41, 5.74) is 0.886. The number of unbranched alkanes of at least 4 members (excludes halogenated alkanes) is 5. The first-order valence-electron chi connectivity index (χ1n) is 10.2. The van der Waals surface area contributed by atoms with Crippen molar-refractivity contribution in [2.45, 2.75) is 45.4 Å². The molecule has 0 radical (unpaired) electrons. The number of phenolic OH excluding ortho intramolecular Hbond substituents is 1. The fourth-order valence-electron chi connectivity index (χ4n) is 3.43. The first-order chi connectivity index (χ1) is 13.7. The van der Waals surface area contributed by atoms with Crippen LogP contribution >= 0.6 is 0 Å². The zero-order valence-corrected chi connectivity index (χ0v) is 16.5. The standard InChI is InChI=1S/C25H28O3/c1-2-3-4-5-6-9-17-28-20-15-16-23(24(26)18-20)25(27)22-14-10-12-19-11-7-8-13-21(19)22/h7-8,10-16,18,26H,2-6,9,17H2,1H3. The van der Waals surface area contributed by atoms with E-state index in [2.05, 4.69) is 6.92 Å². The van der Waals surface area contributed by atoms with Crippen LogP contribution in [0.1, 0.15) is 61.4 Å². The van der Waals surface area contributed by atoms with Crippen LogP contribution in [0.25, 0.3) is 10.8 Å². The molecule has 0 amide bonds. The molecule has 0 unspecified atom stereocenters. The lowest BCUT2D eigenvalue weighted by atomic mass is 9.97. The number of phenols is 1. The lowest BCUT2D eigenvalue weighted by Gasteiger charge is -2.10. The van der Waals surface area contributed by atoms with E-state index < -0.39 is 0 Å². The number of carbonyl (C=O) groups excluding carboxylic acids is 1. The molecule has 0 aliphatic heterocycles. The third-order valence-corrected chi connectivity index (χ3v) is 5.01. The van der Waals surface area contributed by atoms with Gasteiger partial charge in [-0.25, -0.2) is 0 Å². The van der Waals surface area contributed by atoms with E-state index in [0.29, 0.717) is 23.5 Å². The van der Waals surface area contributed by atoms with Gasteiger partial charge in [0, 0.05) is 11.6 Å². The van der Waals surface area contributed by atoms with E-state index in [1.54, 1.807) is 18.2 Å². The molecular weight excluding hydrogens is 348 g/mol. The summed E-state index contributed by atoms with van der Waals surface area (Å²) in [7, 11) is 0. The molecule has 146 valence electrons. The molecule has 3 aromatic rings. The average Bonchev–Trinajstić information content (AvgIpc) is 2.72. The fourth-order valence-corrected chi connectivity index (χ4v) is 3.43. The Labute approximate surface area is 167 Å². The van der Waals surface area contributed by atoms with Crippen LogP contribution in [-0.2, 0) is 0 Å². The normalized spacial score (nSPS) is 10.9. The van der Waals surface area contributed by atoms with Gasteiger partial charge in [0.15, 0.2) is 5.78 Å². The average molecular weight is 376 g/mol. The molecule has 0 aliphatic carbocycles. The first kappa shape index (κ1) is 19.9. The summed E-state index contributed by atoms with van der Waals surface area (Å²) < 4.78 is 5.73. The number of fused-ring (bicyclic) bond motifs is 1. The molecule has 0 bridgehead atoms. The maximum atomic E-state index is 13.0. The van der Waals surface area contributed by atoms with Crippen molar-refractivity contribution in [3.05, 3.63) is 71.8 Å². The van der Waals surface area contributed by atoms with E-state index >= 15 is 0 Å². The monoisotopic (exact) mass is 376 g/mol. The van der Waals surface area contributed by atoms with E-state index in [4.69, 9.17) is 4.74 Å². The maximum absolute atomic E-state index is 13.0. The highest BCUT2D eigenvalue weighted by Gasteiger charge is 2.16. The molecule has 0 atom stereocenters. The van der Waals surface area contributed by atoms with Gasteiger partial charge < -0.3 is 9.84 Å². The number of benzene rings is 3. The summed E-state index contributed by atoms with van der Waals surface area (Å²) in [5.74, 6) is 0.371. The van der Waals surface area contributed by atoms with Gasteiger partial charge in [0.25, 0.3) is 0 Å². The zero-order chi connectivity index (χ0) is 19.8. The number of ketones is 1. The second-order valence-corrected chi connectivity index (χ2v) is 7.15. The number of hydrogen-bond donors (Lipinski definition) is 1. The van der Waals surface area contributed by atoms with Crippen molar-refractivity contribution in [3.63, 3.8) is 0 Å². The quantitative estimate of drug-likeness (QED) is 0.324. The maximum Gasteiger partial charge on any atom is 0.197 e. The van der Waals surface area contributed by atoms with Gasteiger partial charge >= 0.3 is 0 Å². The van der Waals surface area contributed by atoms with Crippen molar-refractivity contribution in [1.82, 2.24) is 0 Å². The number of hydrogen-bond acceptors (Lipinski definition) is 3.